The number of pyridine rings is 2. The number of anilines is 1. The highest BCUT2D eigenvalue weighted by Crippen LogP contribution is 2.31. The van der Waals surface area contributed by atoms with Crippen LogP contribution in [0, 0.1) is 23.7 Å². The van der Waals surface area contributed by atoms with Crippen LogP contribution in [0.15, 0.2) is 45.6 Å². The lowest BCUT2D eigenvalue weighted by molar-refractivity contribution is 0.175. The van der Waals surface area contributed by atoms with Gasteiger partial charge < -0.3 is 19.7 Å². The van der Waals surface area contributed by atoms with Crippen LogP contribution in [0.3, 0.4) is 0 Å². The molecule has 0 saturated carbocycles. The van der Waals surface area contributed by atoms with E-state index in [1.54, 1.807) is 12.3 Å². The van der Waals surface area contributed by atoms with Crippen LogP contribution in [0.25, 0.3) is 0 Å². The molecule has 0 spiro atoms. The molecule has 4 aliphatic rings. The Morgan fingerprint density at radius 2 is 1.35 bits per heavy atom. The number of aromatic nitrogens is 2. The summed E-state index contributed by atoms with van der Waals surface area (Å²) in [6.07, 6.45) is 3.52. The smallest absolute Gasteiger partial charge is 0.129 e. The highest BCUT2D eigenvalue weighted by atomic mass is 79.9. The van der Waals surface area contributed by atoms with Crippen molar-refractivity contribution in [2.45, 2.75) is 0 Å². The Hall–Kier alpha value is -0.770. The predicted molar refractivity (Wildman–Crippen MR) is 130 cm³/mol. The van der Waals surface area contributed by atoms with E-state index in [-0.39, 0.29) is 0 Å². The number of nitrogens with zero attached hydrogens (tertiary/aromatic N) is 3. The van der Waals surface area contributed by atoms with E-state index in [4.69, 9.17) is 21.1 Å². The lowest BCUT2D eigenvalue weighted by atomic mass is 10.0. The standard InChI is InChI=1S/C11H13BrN2O.C6H11NO.C5H3BrClN/c12-10-1-2-11(13-3-10)14-4-8-6-15-7-9(8)5-14;1-5-3-8-4-6(5)2-7-1;6-4-1-2-5(7)8-3-4/h1-3,8-9H,4-7H2;5-7H,1-4H2;1-3H. The third-order valence-corrected chi connectivity index (χ3v) is 7.27. The number of rotatable bonds is 1. The lowest BCUT2D eigenvalue weighted by Gasteiger charge is -2.18. The molecule has 0 radical (unpaired) electrons. The zero-order valence-electron chi connectivity index (χ0n) is 17.2. The van der Waals surface area contributed by atoms with Gasteiger partial charge in [-0.1, -0.05) is 11.6 Å². The van der Waals surface area contributed by atoms with Gasteiger partial charge in [0.2, 0.25) is 0 Å². The zero-order chi connectivity index (χ0) is 21.6. The molecule has 4 aliphatic heterocycles. The fraction of sp³-hybridized carbons (Fsp3) is 0.545. The van der Waals surface area contributed by atoms with Crippen LogP contribution in [-0.2, 0) is 9.47 Å². The summed E-state index contributed by atoms with van der Waals surface area (Å²) in [5.41, 5.74) is 0. The average Bonchev–Trinajstić information content (AvgIpc) is 3.53. The first-order valence-corrected chi connectivity index (χ1v) is 12.5. The van der Waals surface area contributed by atoms with Crippen LogP contribution in [-0.4, -0.2) is 62.6 Å². The van der Waals surface area contributed by atoms with Crippen LogP contribution in [0.5, 0.6) is 0 Å². The summed E-state index contributed by atoms with van der Waals surface area (Å²) in [4.78, 5) is 10.6. The molecule has 0 bridgehead atoms. The molecule has 31 heavy (non-hydrogen) atoms. The highest BCUT2D eigenvalue weighted by Gasteiger charge is 2.37. The second kappa shape index (κ2) is 11.4. The maximum absolute atomic E-state index is 5.48. The normalized spacial score (nSPS) is 28.3. The zero-order valence-corrected chi connectivity index (χ0v) is 21.2. The summed E-state index contributed by atoms with van der Waals surface area (Å²) in [7, 11) is 0. The molecule has 2 aromatic rings. The Bertz CT molecular complexity index is 774. The van der Waals surface area contributed by atoms with Crippen molar-refractivity contribution in [3.63, 3.8) is 0 Å². The molecule has 168 valence electrons. The van der Waals surface area contributed by atoms with Crippen molar-refractivity contribution in [1.29, 1.82) is 0 Å². The first-order valence-electron chi connectivity index (χ1n) is 10.6. The van der Waals surface area contributed by atoms with Gasteiger partial charge in [-0.15, -0.1) is 0 Å². The SMILES string of the molecule is Brc1ccc(N2CC3COCC3C2)nc1.C1NCC2COCC12.Clc1ccc(Br)cn1. The fourth-order valence-corrected chi connectivity index (χ4v) is 4.92. The van der Waals surface area contributed by atoms with Crippen LogP contribution >= 0.6 is 43.5 Å². The van der Waals surface area contributed by atoms with E-state index in [9.17, 15) is 0 Å². The van der Waals surface area contributed by atoms with E-state index in [2.05, 4.69) is 58.1 Å². The molecule has 6 rings (SSSR count). The van der Waals surface area contributed by atoms with Crippen molar-refractivity contribution in [2.75, 3.05) is 57.5 Å². The Labute approximate surface area is 205 Å². The molecular weight excluding hydrogens is 548 g/mol. The van der Waals surface area contributed by atoms with Gasteiger partial charge in [0.05, 0.1) is 26.4 Å². The molecule has 4 unspecified atom stereocenters. The second-order valence-electron chi connectivity index (χ2n) is 8.31. The molecule has 0 amide bonds. The van der Waals surface area contributed by atoms with E-state index in [1.807, 2.05) is 18.3 Å². The molecule has 6 nitrogen and oxygen atoms in total. The molecule has 0 aliphatic carbocycles. The summed E-state index contributed by atoms with van der Waals surface area (Å²) < 4.78 is 12.7. The van der Waals surface area contributed by atoms with Gasteiger partial charge in [0.15, 0.2) is 0 Å². The average molecular weight is 575 g/mol. The van der Waals surface area contributed by atoms with Gasteiger partial charge in [-0.05, 0) is 56.1 Å². The minimum Gasteiger partial charge on any atom is -0.381 e. The van der Waals surface area contributed by atoms with Gasteiger partial charge in [0.1, 0.15) is 11.0 Å². The minimum atomic E-state index is 0.521. The monoisotopic (exact) mass is 572 g/mol. The number of fused-ring (bicyclic) bond motifs is 2. The van der Waals surface area contributed by atoms with Gasteiger partial charge in [-0.3, -0.25) is 0 Å². The molecule has 1 N–H and O–H groups in total. The number of hydrogen-bond acceptors (Lipinski definition) is 6. The molecule has 4 fully saturated rings. The Balaban J connectivity index is 0.000000123. The van der Waals surface area contributed by atoms with E-state index < -0.39 is 0 Å². The van der Waals surface area contributed by atoms with E-state index in [0.717, 1.165) is 78.0 Å². The van der Waals surface area contributed by atoms with Crippen molar-refractivity contribution in [3.8, 4) is 0 Å². The maximum atomic E-state index is 5.48. The molecule has 2 aromatic heterocycles. The summed E-state index contributed by atoms with van der Waals surface area (Å²) in [6.45, 7) is 8.42. The van der Waals surface area contributed by atoms with Gasteiger partial charge in [-0.25, -0.2) is 9.97 Å². The van der Waals surface area contributed by atoms with Crippen molar-refractivity contribution in [1.82, 2.24) is 15.3 Å². The van der Waals surface area contributed by atoms with Crippen LogP contribution in [0.2, 0.25) is 5.15 Å². The van der Waals surface area contributed by atoms with E-state index in [0.29, 0.717) is 5.15 Å². The largest absolute Gasteiger partial charge is 0.381 e. The van der Waals surface area contributed by atoms with Crippen molar-refractivity contribution in [3.05, 3.63) is 50.8 Å². The lowest BCUT2D eigenvalue weighted by Crippen LogP contribution is -2.22. The molecule has 4 atom stereocenters. The third kappa shape index (κ3) is 6.62. The van der Waals surface area contributed by atoms with Gasteiger partial charge in [0.25, 0.3) is 0 Å². The summed E-state index contributed by atoms with van der Waals surface area (Å²) >= 11 is 12.1. The van der Waals surface area contributed by atoms with Gasteiger partial charge in [0, 0.05) is 71.2 Å². The number of hydrogen-bond donors (Lipinski definition) is 1. The fourth-order valence-electron chi connectivity index (χ4n) is 4.34. The maximum Gasteiger partial charge on any atom is 0.129 e. The van der Waals surface area contributed by atoms with E-state index in [1.165, 1.54) is 13.1 Å². The quantitative estimate of drug-likeness (QED) is 0.514. The summed E-state index contributed by atoms with van der Waals surface area (Å²) in [5.74, 6) is 4.21. The predicted octanol–water partition coefficient (Wildman–Crippen LogP) is 4.28. The minimum absolute atomic E-state index is 0.521. The van der Waals surface area contributed by atoms with Crippen molar-refractivity contribution < 1.29 is 9.47 Å². The first-order chi connectivity index (χ1) is 15.1. The van der Waals surface area contributed by atoms with Crippen molar-refractivity contribution in [2.24, 2.45) is 23.7 Å². The number of nitrogens with one attached hydrogen (secondary N) is 1. The third-order valence-electron chi connectivity index (χ3n) is 6.11. The molecule has 9 heteroatoms. The highest BCUT2D eigenvalue weighted by molar-refractivity contribution is 9.10. The molecule has 6 heterocycles. The Morgan fingerprint density at radius 3 is 1.84 bits per heavy atom. The Morgan fingerprint density at radius 1 is 0.806 bits per heavy atom. The summed E-state index contributed by atoms with van der Waals surface area (Å²) in [6, 6.07) is 7.69. The van der Waals surface area contributed by atoms with E-state index >= 15 is 0 Å². The molecular formula is C22H27Br2ClN4O2. The van der Waals surface area contributed by atoms with Crippen molar-refractivity contribution >= 4 is 49.3 Å². The van der Waals surface area contributed by atoms with Gasteiger partial charge in [-0.2, -0.15) is 0 Å². The molecule has 0 aromatic carbocycles. The molecule has 4 saturated heterocycles. The van der Waals surface area contributed by atoms with Gasteiger partial charge >= 0.3 is 0 Å². The second-order valence-corrected chi connectivity index (χ2v) is 10.5. The van der Waals surface area contributed by atoms with Crippen LogP contribution in [0.4, 0.5) is 5.82 Å². The van der Waals surface area contributed by atoms with Crippen LogP contribution in [0.1, 0.15) is 0 Å². The van der Waals surface area contributed by atoms with Crippen LogP contribution < -0.4 is 10.2 Å². The Kier molecular flexibility index (Phi) is 8.59. The first kappa shape index (κ1) is 23.4. The number of halogens is 3. The summed E-state index contributed by atoms with van der Waals surface area (Å²) in [5, 5.41) is 3.87. The topological polar surface area (TPSA) is 59.5 Å². The number of ether oxygens (including phenoxy) is 2.